The third-order valence-electron chi connectivity index (χ3n) is 5.08. The molecule has 1 saturated heterocycles. The van der Waals surface area contributed by atoms with Crippen LogP contribution < -0.4 is 0 Å². The van der Waals surface area contributed by atoms with Crippen molar-refractivity contribution in [3.8, 4) is 0 Å². The van der Waals surface area contributed by atoms with Crippen LogP contribution in [0.3, 0.4) is 0 Å². The number of benzene rings is 1. The predicted octanol–water partition coefficient (Wildman–Crippen LogP) is 3.62. The first-order valence-electron chi connectivity index (χ1n) is 9.19. The highest BCUT2D eigenvalue weighted by Gasteiger charge is 2.34. The monoisotopic (exact) mass is 365 g/mol. The first-order valence-corrected chi connectivity index (χ1v) is 10.9. The Balaban J connectivity index is 2.08. The van der Waals surface area contributed by atoms with Crippen LogP contribution in [0.1, 0.15) is 58.1 Å². The SMILES string of the molecule is CC(C)c1ccc(CS(=O)(=O)[C@H](C)C(=O)N2C[C@H](C)C[C@H](C)C2)cc1. The van der Waals surface area contributed by atoms with Crippen molar-refractivity contribution in [3.05, 3.63) is 35.4 Å². The highest BCUT2D eigenvalue weighted by atomic mass is 32.2. The number of piperidine rings is 1. The molecule has 1 aromatic carbocycles. The fraction of sp³-hybridized carbons (Fsp3) is 0.650. The molecule has 1 heterocycles. The average molecular weight is 366 g/mol. The van der Waals surface area contributed by atoms with Crippen LogP contribution in [0.5, 0.6) is 0 Å². The fourth-order valence-corrected chi connectivity index (χ4v) is 4.97. The smallest absolute Gasteiger partial charge is 0.240 e. The van der Waals surface area contributed by atoms with Crippen molar-refractivity contribution in [2.45, 2.75) is 58.0 Å². The third kappa shape index (κ3) is 5.06. The number of carbonyl (C=O) groups excluding carboxylic acids is 1. The Hall–Kier alpha value is -1.36. The Morgan fingerprint density at radius 2 is 1.60 bits per heavy atom. The Bertz CT molecular complexity index is 684. The number of amides is 1. The van der Waals surface area contributed by atoms with Crippen molar-refractivity contribution in [2.24, 2.45) is 11.8 Å². The van der Waals surface area contributed by atoms with Gasteiger partial charge in [-0.3, -0.25) is 4.79 Å². The summed E-state index contributed by atoms with van der Waals surface area (Å²) in [4.78, 5) is 14.5. The second kappa shape index (κ2) is 7.90. The van der Waals surface area contributed by atoms with Gasteiger partial charge < -0.3 is 4.90 Å². The first-order chi connectivity index (χ1) is 11.6. The molecular weight excluding hydrogens is 334 g/mol. The molecule has 25 heavy (non-hydrogen) atoms. The molecular formula is C20H31NO3S. The van der Waals surface area contributed by atoms with Crippen LogP contribution in [0, 0.1) is 11.8 Å². The van der Waals surface area contributed by atoms with Crippen molar-refractivity contribution in [2.75, 3.05) is 13.1 Å². The largest absolute Gasteiger partial charge is 0.341 e. The lowest BCUT2D eigenvalue weighted by molar-refractivity contribution is -0.133. The van der Waals surface area contributed by atoms with E-state index in [2.05, 4.69) is 27.7 Å². The maximum Gasteiger partial charge on any atom is 0.240 e. The van der Waals surface area contributed by atoms with E-state index < -0.39 is 15.1 Å². The highest BCUT2D eigenvalue weighted by Crippen LogP contribution is 2.23. The number of sulfone groups is 1. The van der Waals surface area contributed by atoms with E-state index in [1.165, 1.54) is 12.5 Å². The average Bonchev–Trinajstić information content (AvgIpc) is 2.52. The number of hydrogen-bond acceptors (Lipinski definition) is 3. The lowest BCUT2D eigenvalue weighted by atomic mass is 9.92. The van der Waals surface area contributed by atoms with Gasteiger partial charge in [0.1, 0.15) is 5.25 Å². The molecule has 5 heteroatoms. The van der Waals surface area contributed by atoms with Crippen LogP contribution in [0.25, 0.3) is 0 Å². The molecule has 0 unspecified atom stereocenters. The van der Waals surface area contributed by atoms with E-state index in [0.29, 0.717) is 30.8 Å². The molecule has 0 saturated carbocycles. The van der Waals surface area contributed by atoms with E-state index >= 15 is 0 Å². The second-order valence-corrected chi connectivity index (χ2v) is 10.4. The van der Waals surface area contributed by atoms with Crippen LogP contribution >= 0.6 is 0 Å². The van der Waals surface area contributed by atoms with Crippen LogP contribution in [0.15, 0.2) is 24.3 Å². The van der Waals surface area contributed by atoms with Gasteiger partial charge in [0, 0.05) is 13.1 Å². The van der Waals surface area contributed by atoms with Crippen molar-refractivity contribution in [1.82, 2.24) is 4.90 Å². The lowest BCUT2D eigenvalue weighted by Crippen LogP contribution is -2.48. The van der Waals surface area contributed by atoms with Gasteiger partial charge in [0.25, 0.3) is 0 Å². The molecule has 1 amide bonds. The lowest BCUT2D eigenvalue weighted by Gasteiger charge is -2.36. The summed E-state index contributed by atoms with van der Waals surface area (Å²) >= 11 is 0. The van der Waals surface area contributed by atoms with E-state index in [-0.39, 0.29) is 11.7 Å². The van der Waals surface area contributed by atoms with Gasteiger partial charge >= 0.3 is 0 Å². The van der Waals surface area contributed by atoms with E-state index in [4.69, 9.17) is 0 Å². The summed E-state index contributed by atoms with van der Waals surface area (Å²) in [7, 11) is -3.52. The van der Waals surface area contributed by atoms with Crippen LogP contribution in [0.4, 0.5) is 0 Å². The summed E-state index contributed by atoms with van der Waals surface area (Å²) in [5, 5.41) is -0.991. The summed E-state index contributed by atoms with van der Waals surface area (Å²) in [5.74, 6) is 0.917. The predicted molar refractivity (Wildman–Crippen MR) is 102 cm³/mol. The minimum absolute atomic E-state index is 0.0861. The highest BCUT2D eigenvalue weighted by molar-refractivity contribution is 7.92. The summed E-state index contributed by atoms with van der Waals surface area (Å²) in [6.07, 6.45) is 1.09. The quantitative estimate of drug-likeness (QED) is 0.801. The first kappa shape index (κ1) is 20.0. The Morgan fingerprint density at radius 1 is 1.08 bits per heavy atom. The Kier molecular flexibility index (Phi) is 6.30. The normalized spacial score (nSPS) is 22.9. The van der Waals surface area contributed by atoms with Crippen LogP contribution in [-0.4, -0.2) is 37.6 Å². The van der Waals surface area contributed by atoms with Crippen molar-refractivity contribution in [1.29, 1.82) is 0 Å². The zero-order chi connectivity index (χ0) is 18.8. The molecule has 1 aromatic rings. The van der Waals surface area contributed by atoms with Crippen molar-refractivity contribution < 1.29 is 13.2 Å². The molecule has 2 rings (SSSR count). The zero-order valence-corrected chi connectivity index (χ0v) is 16.8. The standard InChI is InChI=1S/C20H31NO3S/c1-14(2)19-8-6-18(7-9-19)13-25(23,24)17(5)20(22)21-11-15(3)10-16(4)12-21/h6-9,14-17H,10-13H2,1-5H3/t15-,16+,17-/m1/s1. The topological polar surface area (TPSA) is 54.5 Å². The molecule has 1 aliphatic rings. The summed E-state index contributed by atoms with van der Waals surface area (Å²) < 4.78 is 25.4. The van der Waals surface area contributed by atoms with Gasteiger partial charge in [-0.25, -0.2) is 8.42 Å². The van der Waals surface area contributed by atoms with Gasteiger partial charge in [0.15, 0.2) is 9.84 Å². The number of nitrogens with zero attached hydrogens (tertiary/aromatic N) is 1. The van der Waals surface area contributed by atoms with Gasteiger partial charge in [-0.15, -0.1) is 0 Å². The number of likely N-dealkylation sites (tertiary alicyclic amines) is 1. The summed E-state index contributed by atoms with van der Waals surface area (Å²) in [6, 6.07) is 7.65. The van der Waals surface area contributed by atoms with Crippen LogP contribution in [0.2, 0.25) is 0 Å². The molecule has 0 aliphatic carbocycles. The molecule has 0 N–H and O–H groups in total. The molecule has 1 aliphatic heterocycles. The molecule has 0 aromatic heterocycles. The molecule has 1 fully saturated rings. The zero-order valence-electron chi connectivity index (χ0n) is 16.0. The number of carbonyl (C=O) groups is 1. The molecule has 0 spiro atoms. The van der Waals surface area contributed by atoms with E-state index in [1.807, 2.05) is 24.3 Å². The van der Waals surface area contributed by atoms with Gasteiger partial charge in [-0.05, 0) is 42.2 Å². The third-order valence-corrected chi connectivity index (χ3v) is 7.10. The van der Waals surface area contributed by atoms with E-state index in [9.17, 15) is 13.2 Å². The molecule has 4 nitrogen and oxygen atoms in total. The second-order valence-electron chi connectivity index (χ2n) is 8.03. The van der Waals surface area contributed by atoms with Gasteiger partial charge in [-0.2, -0.15) is 0 Å². The summed E-state index contributed by atoms with van der Waals surface area (Å²) in [5.41, 5.74) is 1.92. The fourth-order valence-electron chi connectivity index (χ4n) is 3.61. The number of hydrogen-bond donors (Lipinski definition) is 0. The minimum Gasteiger partial charge on any atom is -0.341 e. The van der Waals surface area contributed by atoms with Gasteiger partial charge in [0.2, 0.25) is 5.91 Å². The van der Waals surface area contributed by atoms with Crippen LogP contribution in [-0.2, 0) is 20.4 Å². The molecule has 3 atom stereocenters. The van der Waals surface area contributed by atoms with Crippen molar-refractivity contribution >= 4 is 15.7 Å². The molecule has 0 radical (unpaired) electrons. The van der Waals surface area contributed by atoms with Gasteiger partial charge in [0.05, 0.1) is 5.75 Å². The minimum atomic E-state index is -3.52. The maximum absolute atomic E-state index is 12.7. The van der Waals surface area contributed by atoms with Gasteiger partial charge in [-0.1, -0.05) is 52.0 Å². The van der Waals surface area contributed by atoms with E-state index in [1.54, 1.807) is 4.90 Å². The van der Waals surface area contributed by atoms with Crippen molar-refractivity contribution in [3.63, 3.8) is 0 Å². The Labute approximate surface area is 152 Å². The number of rotatable bonds is 5. The van der Waals surface area contributed by atoms with E-state index in [0.717, 1.165) is 12.0 Å². The Morgan fingerprint density at radius 3 is 2.08 bits per heavy atom. The molecule has 140 valence electrons. The maximum atomic E-state index is 12.7. The molecule has 0 bridgehead atoms. The summed E-state index contributed by atoms with van der Waals surface area (Å²) in [6.45, 7) is 11.3.